The van der Waals surface area contributed by atoms with Crippen LogP contribution in [0.3, 0.4) is 0 Å². The Hall–Kier alpha value is -1.50. The number of carbonyl (C=O) groups excluding carboxylic acids is 1. The zero-order valence-electron chi connectivity index (χ0n) is 11.9. The third-order valence-electron chi connectivity index (χ3n) is 2.87. The van der Waals surface area contributed by atoms with E-state index in [-0.39, 0.29) is 31.4 Å². The number of carbonyl (C=O) groups is 1. The molecule has 1 unspecified atom stereocenters. The second-order valence-corrected chi connectivity index (χ2v) is 4.48. The summed E-state index contributed by atoms with van der Waals surface area (Å²) in [6.45, 7) is 1.95. The monoisotopic (exact) mass is 334 g/mol. The van der Waals surface area contributed by atoms with Crippen LogP contribution in [0.15, 0.2) is 24.5 Å². The van der Waals surface area contributed by atoms with Crippen molar-refractivity contribution in [1.29, 1.82) is 0 Å². The molecular formula is C13H20Cl2N4O2. The van der Waals surface area contributed by atoms with E-state index in [9.17, 15) is 4.79 Å². The van der Waals surface area contributed by atoms with E-state index in [2.05, 4.69) is 17.2 Å². The lowest BCUT2D eigenvalue weighted by atomic mass is 10.2. The van der Waals surface area contributed by atoms with Gasteiger partial charge in [0, 0.05) is 24.9 Å². The maximum Gasteiger partial charge on any atom is 0.255 e. The Morgan fingerprint density at radius 1 is 1.52 bits per heavy atom. The van der Waals surface area contributed by atoms with Gasteiger partial charge in [-0.3, -0.25) is 4.79 Å². The molecule has 118 valence electrons. The zero-order chi connectivity index (χ0) is 13.8. The van der Waals surface area contributed by atoms with Gasteiger partial charge in [0.15, 0.2) is 18.0 Å². The molecule has 0 aromatic carbocycles. The Kier molecular flexibility index (Phi) is 8.09. The van der Waals surface area contributed by atoms with Gasteiger partial charge in [-0.05, 0) is 26.1 Å². The van der Waals surface area contributed by atoms with Crippen molar-refractivity contribution in [3.8, 4) is 5.75 Å². The second-order valence-electron chi connectivity index (χ2n) is 4.48. The molecule has 2 aromatic rings. The number of likely N-dealkylation sites (N-methyl/N-ethyl adjacent to an activating group) is 1. The molecule has 8 heteroatoms. The van der Waals surface area contributed by atoms with Gasteiger partial charge in [-0.1, -0.05) is 0 Å². The molecule has 0 fully saturated rings. The summed E-state index contributed by atoms with van der Waals surface area (Å²) in [5.74, 6) is 0.0576. The number of halogens is 2. The van der Waals surface area contributed by atoms with Gasteiger partial charge in [0.1, 0.15) is 0 Å². The van der Waals surface area contributed by atoms with Crippen LogP contribution in [-0.4, -0.2) is 35.0 Å². The summed E-state index contributed by atoms with van der Waals surface area (Å²) < 4.78 is 7.23. The number of pyridine rings is 1. The van der Waals surface area contributed by atoms with Gasteiger partial charge in [-0.25, -0.2) is 4.98 Å². The van der Waals surface area contributed by atoms with Crippen LogP contribution in [0, 0.1) is 0 Å². The quantitative estimate of drug-likeness (QED) is 0.831. The summed E-state index contributed by atoms with van der Waals surface area (Å²) >= 11 is 0. The fourth-order valence-electron chi connectivity index (χ4n) is 1.81. The maximum absolute atomic E-state index is 10.8. The maximum atomic E-state index is 10.8. The first-order valence-corrected chi connectivity index (χ1v) is 6.15. The molecule has 0 aliphatic rings. The number of primary amides is 1. The number of aromatic nitrogens is 2. The Bertz CT molecular complexity index is 589. The van der Waals surface area contributed by atoms with E-state index in [1.54, 1.807) is 6.07 Å². The molecule has 0 spiro atoms. The minimum absolute atomic E-state index is 0. The van der Waals surface area contributed by atoms with Crippen LogP contribution >= 0.6 is 24.8 Å². The van der Waals surface area contributed by atoms with Crippen molar-refractivity contribution in [2.45, 2.75) is 19.4 Å². The first-order chi connectivity index (χ1) is 9.10. The highest BCUT2D eigenvalue weighted by molar-refractivity contribution is 5.85. The van der Waals surface area contributed by atoms with Gasteiger partial charge in [0.2, 0.25) is 0 Å². The predicted octanol–water partition coefficient (Wildman–Crippen LogP) is 1.19. The van der Waals surface area contributed by atoms with E-state index in [0.29, 0.717) is 17.4 Å². The lowest BCUT2D eigenvalue weighted by molar-refractivity contribution is -0.119. The third-order valence-corrected chi connectivity index (χ3v) is 2.87. The van der Waals surface area contributed by atoms with E-state index in [1.807, 2.05) is 29.9 Å². The SMILES string of the molecule is CNC(C)Cc1cn2cccc(OCC(N)=O)c2n1.Cl.Cl. The average Bonchev–Trinajstić information content (AvgIpc) is 2.78. The molecule has 0 saturated heterocycles. The van der Waals surface area contributed by atoms with Crippen molar-refractivity contribution in [2.24, 2.45) is 5.73 Å². The van der Waals surface area contributed by atoms with Crippen LogP contribution in [0.1, 0.15) is 12.6 Å². The van der Waals surface area contributed by atoms with Crippen molar-refractivity contribution in [3.63, 3.8) is 0 Å². The van der Waals surface area contributed by atoms with Crippen LogP contribution in [0.5, 0.6) is 5.75 Å². The minimum atomic E-state index is -0.502. The largest absolute Gasteiger partial charge is 0.480 e. The van der Waals surface area contributed by atoms with Crippen LogP contribution in [0.2, 0.25) is 0 Å². The first-order valence-electron chi connectivity index (χ1n) is 6.15. The topological polar surface area (TPSA) is 81.6 Å². The van der Waals surface area contributed by atoms with Crippen molar-refractivity contribution < 1.29 is 9.53 Å². The van der Waals surface area contributed by atoms with Crippen molar-refractivity contribution in [2.75, 3.05) is 13.7 Å². The number of fused-ring (bicyclic) bond motifs is 1. The van der Waals surface area contributed by atoms with Gasteiger partial charge in [0.05, 0.1) is 5.69 Å². The van der Waals surface area contributed by atoms with E-state index in [1.165, 1.54) is 0 Å². The molecule has 6 nitrogen and oxygen atoms in total. The van der Waals surface area contributed by atoms with E-state index < -0.39 is 5.91 Å². The number of ether oxygens (including phenoxy) is 1. The van der Waals surface area contributed by atoms with Crippen molar-refractivity contribution in [3.05, 3.63) is 30.2 Å². The Balaban J connectivity index is 0.00000200. The zero-order valence-corrected chi connectivity index (χ0v) is 13.5. The molecule has 0 saturated carbocycles. The second kappa shape index (κ2) is 8.71. The molecule has 0 bridgehead atoms. The number of hydrogen-bond acceptors (Lipinski definition) is 4. The third kappa shape index (κ3) is 5.08. The normalized spacial score (nSPS) is 11.3. The molecule has 0 aliphatic carbocycles. The number of amides is 1. The van der Waals surface area contributed by atoms with Gasteiger partial charge in [-0.2, -0.15) is 0 Å². The highest BCUT2D eigenvalue weighted by atomic mass is 35.5. The standard InChI is InChI=1S/C13H18N4O2.2ClH/c1-9(15-2)6-10-7-17-5-3-4-11(13(17)16-10)19-8-12(14)18;;/h3-5,7,9,15H,6,8H2,1-2H3,(H2,14,18);2*1H. The lowest BCUT2D eigenvalue weighted by Gasteiger charge is -2.06. The fourth-order valence-corrected chi connectivity index (χ4v) is 1.81. The van der Waals surface area contributed by atoms with Gasteiger partial charge in [0.25, 0.3) is 5.91 Å². The van der Waals surface area contributed by atoms with E-state index in [0.717, 1.165) is 12.1 Å². The number of nitrogens with two attached hydrogens (primary N) is 1. The first kappa shape index (κ1) is 19.5. The number of nitrogens with zero attached hydrogens (tertiary/aromatic N) is 2. The molecule has 3 N–H and O–H groups in total. The van der Waals surface area contributed by atoms with Crippen molar-refractivity contribution in [1.82, 2.24) is 14.7 Å². The summed E-state index contributed by atoms with van der Waals surface area (Å²) in [4.78, 5) is 15.3. The highest BCUT2D eigenvalue weighted by Gasteiger charge is 2.10. The van der Waals surface area contributed by atoms with Crippen molar-refractivity contribution >= 4 is 36.4 Å². The number of imidazole rings is 1. The molecular weight excluding hydrogens is 315 g/mol. The molecule has 1 amide bonds. The summed E-state index contributed by atoms with van der Waals surface area (Å²) in [5, 5.41) is 3.17. The molecule has 0 radical (unpaired) electrons. The fraction of sp³-hybridized carbons (Fsp3) is 0.385. The summed E-state index contributed by atoms with van der Waals surface area (Å²) in [6, 6.07) is 3.97. The van der Waals surface area contributed by atoms with E-state index >= 15 is 0 Å². The Labute approximate surface area is 135 Å². The van der Waals surface area contributed by atoms with Crippen LogP contribution in [0.4, 0.5) is 0 Å². The molecule has 1 atom stereocenters. The summed E-state index contributed by atoms with van der Waals surface area (Å²) in [7, 11) is 1.92. The molecule has 2 aromatic heterocycles. The molecule has 2 heterocycles. The molecule has 0 aliphatic heterocycles. The number of rotatable bonds is 6. The summed E-state index contributed by atoms with van der Waals surface area (Å²) in [6.07, 6.45) is 4.68. The number of hydrogen-bond donors (Lipinski definition) is 2. The Morgan fingerprint density at radius 3 is 2.86 bits per heavy atom. The lowest BCUT2D eigenvalue weighted by Crippen LogP contribution is -2.23. The van der Waals surface area contributed by atoms with Crippen LogP contribution < -0.4 is 15.8 Å². The Morgan fingerprint density at radius 2 is 2.24 bits per heavy atom. The van der Waals surface area contributed by atoms with Crippen LogP contribution in [-0.2, 0) is 11.2 Å². The van der Waals surface area contributed by atoms with Gasteiger partial charge >= 0.3 is 0 Å². The number of nitrogens with one attached hydrogen (secondary N) is 1. The molecule has 21 heavy (non-hydrogen) atoms. The average molecular weight is 335 g/mol. The minimum Gasteiger partial charge on any atom is -0.480 e. The van der Waals surface area contributed by atoms with Gasteiger partial charge < -0.3 is 20.2 Å². The predicted molar refractivity (Wildman–Crippen MR) is 86.6 cm³/mol. The molecule has 2 rings (SSSR count). The highest BCUT2D eigenvalue weighted by Crippen LogP contribution is 2.19. The van der Waals surface area contributed by atoms with E-state index in [4.69, 9.17) is 10.5 Å². The smallest absolute Gasteiger partial charge is 0.255 e. The van der Waals surface area contributed by atoms with Gasteiger partial charge in [-0.15, -0.1) is 24.8 Å². The summed E-state index contributed by atoms with van der Waals surface area (Å²) in [5.41, 5.74) is 6.74. The van der Waals surface area contributed by atoms with Crippen LogP contribution in [0.25, 0.3) is 5.65 Å².